The van der Waals surface area contributed by atoms with E-state index in [9.17, 15) is 9.59 Å². The van der Waals surface area contributed by atoms with E-state index in [-0.39, 0.29) is 0 Å². The Kier molecular flexibility index (Phi) is 4.68. The van der Waals surface area contributed by atoms with Crippen LogP contribution in [0.4, 0.5) is 0 Å². The van der Waals surface area contributed by atoms with E-state index in [1.165, 1.54) is 0 Å². The van der Waals surface area contributed by atoms with Crippen molar-refractivity contribution in [3.63, 3.8) is 0 Å². The molecule has 20 heavy (non-hydrogen) atoms. The molecule has 0 atom stereocenters. The smallest absolute Gasteiger partial charge is 0.309 e. The molecule has 2 fully saturated rings. The van der Waals surface area contributed by atoms with Crippen molar-refractivity contribution in [1.29, 1.82) is 0 Å². The van der Waals surface area contributed by atoms with Crippen molar-refractivity contribution >= 4 is 11.9 Å². The lowest BCUT2D eigenvalue weighted by molar-refractivity contribution is -0.144. The van der Waals surface area contributed by atoms with Crippen LogP contribution in [0.25, 0.3) is 0 Å². The number of carbonyl (C=O) groups is 2. The average molecular weight is 284 g/mol. The maximum absolute atomic E-state index is 11.0. The van der Waals surface area contributed by atoms with Gasteiger partial charge in [-0.2, -0.15) is 0 Å². The number of hydrogen-bond donors (Lipinski definition) is 2. The van der Waals surface area contributed by atoms with Gasteiger partial charge in [0.25, 0.3) is 0 Å². The third-order valence-electron chi connectivity index (χ3n) is 4.78. The molecule has 2 aliphatic rings. The van der Waals surface area contributed by atoms with Crippen molar-refractivity contribution in [2.24, 2.45) is 10.8 Å². The topological polar surface area (TPSA) is 83.8 Å². The third-order valence-corrected chi connectivity index (χ3v) is 4.78. The number of aliphatic carboxylic acids is 2. The predicted molar refractivity (Wildman–Crippen MR) is 72.5 cm³/mol. The first-order valence-corrected chi connectivity index (χ1v) is 7.55. The first-order chi connectivity index (χ1) is 9.51. The van der Waals surface area contributed by atoms with E-state index in [2.05, 4.69) is 0 Å². The minimum atomic E-state index is -0.690. The van der Waals surface area contributed by atoms with Crippen LogP contribution < -0.4 is 0 Å². The van der Waals surface area contributed by atoms with Gasteiger partial charge in [-0.3, -0.25) is 9.59 Å². The van der Waals surface area contributed by atoms with Crippen molar-refractivity contribution in [2.75, 3.05) is 13.2 Å². The van der Waals surface area contributed by atoms with Gasteiger partial charge in [-0.1, -0.05) is 12.8 Å². The Bertz CT molecular complexity index is 332. The van der Waals surface area contributed by atoms with Gasteiger partial charge in [0.05, 0.1) is 10.8 Å². The van der Waals surface area contributed by atoms with E-state index in [0.29, 0.717) is 19.6 Å². The summed E-state index contributed by atoms with van der Waals surface area (Å²) in [7, 11) is 0. The number of hydrogen-bond acceptors (Lipinski definition) is 3. The number of carboxylic acids is 2. The van der Waals surface area contributed by atoms with E-state index >= 15 is 0 Å². The number of carboxylic acid groups (broad SMARTS) is 2. The second kappa shape index (κ2) is 6.12. The monoisotopic (exact) mass is 284 g/mol. The average Bonchev–Trinajstić information content (AvgIpc) is 3.26. The molecular formula is C15H24O5. The standard InChI is InChI=1S/C15H24O5/c16-12(17)14(5-6-14)4-2-1-3-10-20-11-9-15(7-8-15)13(18)19/h1-11H2,(H,16,17)(H,18,19). The zero-order valence-electron chi connectivity index (χ0n) is 11.9. The van der Waals surface area contributed by atoms with Crippen LogP contribution in [0.1, 0.15) is 57.8 Å². The molecule has 0 aliphatic heterocycles. The lowest BCUT2D eigenvalue weighted by atomic mass is 9.99. The van der Waals surface area contributed by atoms with E-state index in [1.807, 2.05) is 0 Å². The van der Waals surface area contributed by atoms with Crippen LogP contribution in [0.15, 0.2) is 0 Å². The van der Waals surface area contributed by atoms with Gasteiger partial charge in [0.15, 0.2) is 0 Å². The SMILES string of the molecule is O=C(O)C1(CCCCCOCCC2(C(=O)O)CC2)CC1. The molecule has 2 saturated carbocycles. The van der Waals surface area contributed by atoms with Crippen LogP contribution >= 0.6 is 0 Å². The first-order valence-electron chi connectivity index (χ1n) is 7.55. The molecule has 0 heterocycles. The molecule has 2 N–H and O–H groups in total. The lowest BCUT2D eigenvalue weighted by Gasteiger charge is -2.10. The maximum Gasteiger partial charge on any atom is 0.309 e. The maximum atomic E-state index is 11.0. The second-order valence-electron chi connectivity index (χ2n) is 6.34. The highest BCUT2D eigenvalue weighted by atomic mass is 16.5. The fourth-order valence-corrected chi connectivity index (χ4v) is 2.66. The Hall–Kier alpha value is -1.10. The summed E-state index contributed by atoms with van der Waals surface area (Å²) in [5, 5.41) is 18.0. The molecule has 5 heteroatoms. The minimum Gasteiger partial charge on any atom is -0.481 e. The van der Waals surface area contributed by atoms with Crippen molar-refractivity contribution in [3.05, 3.63) is 0 Å². The summed E-state index contributed by atoms with van der Waals surface area (Å²) in [6.45, 7) is 1.17. The zero-order valence-corrected chi connectivity index (χ0v) is 11.9. The van der Waals surface area contributed by atoms with Gasteiger partial charge in [0.2, 0.25) is 0 Å². The van der Waals surface area contributed by atoms with Gasteiger partial charge in [0.1, 0.15) is 0 Å². The summed E-state index contributed by atoms with van der Waals surface area (Å²) >= 11 is 0. The second-order valence-corrected chi connectivity index (χ2v) is 6.34. The van der Waals surface area contributed by atoms with Gasteiger partial charge >= 0.3 is 11.9 Å². The van der Waals surface area contributed by atoms with Gasteiger partial charge < -0.3 is 14.9 Å². The Morgan fingerprint density at radius 3 is 1.85 bits per heavy atom. The molecular weight excluding hydrogens is 260 g/mol. The molecule has 0 spiro atoms. The number of ether oxygens (including phenoxy) is 1. The molecule has 0 amide bonds. The number of unbranched alkanes of at least 4 members (excludes halogenated alkanes) is 2. The molecule has 5 nitrogen and oxygen atoms in total. The normalized spacial score (nSPS) is 21.4. The molecule has 0 unspecified atom stereocenters. The van der Waals surface area contributed by atoms with E-state index < -0.39 is 22.8 Å². The quantitative estimate of drug-likeness (QED) is 0.570. The predicted octanol–water partition coefficient (Wildman–Crippen LogP) is 2.68. The van der Waals surface area contributed by atoms with Crippen molar-refractivity contribution < 1.29 is 24.5 Å². The summed E-state index contributed by atoms with van der Waals surface area (Å²) in [6, 6.07) is 0. The van der Waals surface area contributed by atoms with E-state index in [1.54, 1.807) is 0 Å². The Morgan fingerprint density at radius 2 is 1.35 bits per heavy atom. The van der Waals surface area contributed by atoms with Gasteiger partial charge in [0, 0.05) is 13.2 Å². The van der Waals surface area contributed by atoms with Gasteiger partial charge in [-0.05, 0) is 44.9 Å². The zero-order chi connectivity index (χ0) is 14.6. The van der Waals surface area contributed by atoms with Crippen LogP contribution in [-0.4, -0.2) is 35.4 Å². The van der Waals surface area contributed by atoms with E-state index in [4.69, 9.17) is 14.9 Å². The molecule has 2 aliphatic carbocycles. The Morgan fingerprint density at radius 1 is 0.800 bits per heavy atom. The van der Waals surface area contributed by atoms with Gasteiger partial charge in [-0.15, -0.1) is 0 Å². The summed E-state index contributed by atoms with van der Waals surface area (Å²) in [4.78, 5) is 21.9. The lowest BCUT2D eigenvalue weighted by Crippen LogP contribution is -2.17. The highest BCUT2D eigenvalue weighted by molar-refractivity contribution is 5.78. The van der Waals surface area contributed by atoms with Crippen LogP contribution in [0, 0.1) is 10.8 Å². The van der Waals surface area contributed by atoms with Crippen LogP contribution in [-0.2, 0) is 14.3 Å². The van der Waals surface area contributed by atoms with Crippen LogP contribution in [0.5, 0.6) is 0 Å². The molecule has 114 valence electrons. The molecule has 2 rings (SSSR count). The van der Waals surface area contributed by atoms with Crippen LogP contribution in [0.2, 0.25) is 0 Å². The molecule has 0 aromatic rings. The minimum absolute atomic E-state index is 0.402. The van der Waals surface area contributed by atoms with E-state index in [0.717, 1.165) is 51.4 Å². The highest BCUT2D eigenvalue weighted by Crippen LogP contribution is 2.50. The summed E-state index contributed by atoms with van der Waals surface area (Å²) in [5.41, 5.74) is -0.888. The fraction of sp³-hybridized carbons (Fsp3) is 0.867. The molecule has 0 saturated heterocycles. The largest absolute Gasteiger partial charge is 0.481 e. The van der Waals surface area contributed by atoms with Crippen molar-refractivity contribution in [1.82, 2.24) is 0 Å². The molecule has 0 aromatic heterocycles. The summed E-state index contributed by atoms with van der Waals surface area (Å²) in [5.74, 6) is -1.33. The van der Waals surface area contributed by atoms with Gasteiger partial charge in [-0.25, -0.2) is 0 Å². The highest BCUT2D eigenvalue weighted by Gasteiger charge is 2.50. The van der Waals surface area contributed by atoms with Crippen LogP contribution in [0.3, 0.4) is 0 Å². The number of rotatable bonds is 11. The molecule has 0 radical (unpaired) electrons. The fourth-order valence-electron chi connectivity index (χ4n) is 2.66. The first kappa shape index (κ1) is 15.3. The van der Waals surface area contributed by atoms with Crippen molar-refractivity contribution in [2.45, 2.75) is 57.8 Å². The van der Waals surface area contributed by atoms with Crippen molar-refractivity contribution in [3.8, 4) is 0 Å². The molecule has 0 aromatic carbocycles. The third kappa shape index (κ3) is 3.72. The Labute approximate surface area is 119 Å². The summed E-state index contributed by atoms with van der Waals surface area (Å²) < 4.78 is 5.48. The summed E-state index contributed by atoms with van der Waals surface area (Å²) in [6.07, 6.45) is 7.47. The Balaban J connectivity index is 1.43. The molecule has 0 bridgehead atoms.